The monoisotopic (exact) mass is 402 g/mol. The van der Waals surface area contributed by atoms with Gasteiger partial charge in [-0.2, -0.15) is 5.10 Å². The largest absolute Gasteiger partial charge is 0.493 e. The lowest BCUT2D eigenvalue weighted by Gasteiger charge is -2.32. The highest BCUT2D eigenvalue weighted by atomic mass is 16.6. The van der Waals surface area contributed by atoms with E-state index in [0.717, 1.165) is 12.1 Å². The molecule has 1 amide bonds. The van der Waals surface area contributed by atoms with Gasteiger partial charge in [0.2, 0.25) is 5.88 Å². The van der Waals surface area contributed by atoms with Gasteiger partial charge in [0, 0.05) is 18.7 Å². The molecule has 1 aliphatic heterocycles. The number of carbonyl (C=O) groups is 1. The van der Waals surface area contributed by atoms with Crippen molar-refractivity contribution in [2.75, 3.05) is 27.3 Å². The molecule has 0 radical (unpaired) electrons. The van der Waals surface area contributed by atoms with Gasteiger partial charge in [0.05, 0.1) is 37.4 Å². The first-order valence-corrected chi connectivity index (χ1v) is 9.09. The number of nitrogens with zero attached hydrogens (tertiary/aromatic N) is 4. The molecule has 1 saturated heterocycles. The molecule has 3 rings (SSSR count). The summed E-state index contributed by atoms with van der Waals surface area (Å²) in [4.78, 5) is 25.5. The highest BCUT2D eigenvalue weighted by molar-refractivity contribution is 5.99. The average Bonchev–Trinajstić information content (AvgIpc) is 2.74. The highest BCUT2D eigenvalue weighted by Gasteiger charge is 2.31. The van der Waals surface area contributed by atoms with Gasteiger partial charge in [-0.15, -0.1) is 5.10 Å². The third-order valence-electron chi connectivity index (χ3n) is 4.66. The molecule has 1 aromatic carbocycles. The Morgan fingerprint density at radius 2 is 1.93 bits per heavy atom. The summed E-state index contributed by atoms with van der Waals surface area (Å²) in [6.45, 7) is 2.59. The van der Waals surface area contributed by atoms with Crippen LogP contribution in [0.2, 0.25) is 0 Å². The van der Waals surface area contributed by atoms with Crippen LogP contribution in [0.25, 0.3) is 0 Å². The van der Waals surface area contributed by atoms with Gasteiger partial charge in [0.25, 0.3) is 11.6 Å². The van der Waals surface area contributed by atoms with Gasteiger partial charge in [0.15, 0.2) is 11.5 Å². The summed E-state index contributed by atoms with van der Waals surface area (Å²) in [7, 11) is 2.79. The average molecular weight is 402 g/mol. The molecule has 0 aliphatic carbocycles. The number of benzene rings is 1. The summed E-state index contributed by atoms with van der Waals surface area (Å²) in [6, 6.07) is 6.06. The number of hydrogen-bond donors (Lipinski definition) is 0. The van der Waals surface area contributed by atoms with E-state index in [-0.39, 0.29) is 28.9 Å². The van der Waals surface area contributed by atoms with E-state index < -0.39 is 10.8 Å². The number of methoxy groups -OCH3 is 2. The van der Waals surface area contributed by atoms with Gasteiger partial charge in [-0.3, -0.25) is 14.9 Å². The number of aromatic nitrogens is 2. The number of aryl methyl sites for hydroxylation is 1. The summed E-state index contributed by atoms with van der Waals surface area (Å²) < 4.78 is 16.2. The van der Waals surface area contributed by atoms with Gasteiger partial charge in [0.1, 0.15) is 11.7 Å². The summed E-state index contributed by atoms with van der Waals surface area (Å²) in [6.07, 6.45) is 1.17. The van der Waals surface area contributed by atoms with Gasteiger partial charge in [-0.1, -0.05) is 0 Å². The van der Waals surface area contributed by atoms with Crippen molar-refractivity contribution in [3.8, 4) is 17.4 Å². The van der Waals surface area contributed by atoms with Crippen molar-refractivity contribution < 1.29 is 23.9 Å². The quantitative estimate of drug-likeness (QED) is 0.534. The zero-order valence-electron chi connectivity index (χ0n) is 16.5. The fraction of sp³-hybridized carbons (Fsp3) is 0.421. The maximum absolute atomic E-state index is 13.1. The third kappa shape index (κ3) is 4.53. The maximum Gasteiger partial charge on any atom is 0.286 e. The van der Waals surface area contributed by atoms with Crippen LogP contribution >= 0.6 is 0 Å². The Morgan fingerprint density at radius 3 is 2.55 bits per heavy atom. The molecule has 0 N–H and O–H groups in total. The standard InChI is InChI=1S/C19H22N4O6/c1-12-6-7-18(21-20-12)29-13-5-4-8-22(11-13)19(24)14-9-16(27-2)17(28-3)10-15(14)23(25)26/h6-7,9-10,13H,4-5,8,11H2,1-3H3. The number of rotatable bonds is 6. The van der Waals surface area contributed by atoms with E-state index in [4.69, 9.17) is 14.2 Å². The maximum atomic E-state index is 13.1. The van der Waals surface area contributed by atoms with Gasteiger partial charge < -0.3 is 19.1 Å². The predicted molar refractivity (Wildman–Crippen MR) is 103 cm³/mol. The van der Waals surface area contributed by atoms with Crippen LogP contribution in [0.4, 0.5) is 5.69 Å². The number of ether oxygens (including phenoxy) is 3. The Bertz CT molecular complexity index is 902. The molecule has 1 aliphatic rings. The van der Waals surface area contributed by atoms with E-state index >= 15 is 0 Å². The Kier molecular flexibility index (Phi) is 6.10. The normalized spacial score (nSPS) is 16.2. The Morgan fingerprint density at radius 1 is 1.21 bits per heavy atom. The molecular weight excluding hydrogens is 380 g/mol. The van der Waals surface area contributed by atoms with E-state index in [1.54, 1.807) is 17.0 Å². The molecule has 1 aromatic heterocycles. The van der Waals surface area contributed by atoms with Gasteiger partial charge in [-0.25, -0.2) is 0 Å². The van der Waals surface area contributed by atoms with Crippen molar-refractivity contribution in [3.05, 3.63) is 45.6 Å². The number of amides is 1. The fourth-order valence-corrected chi connectivity index (χ4v) is 3.20. The topological polar surface area (TPSA) is 117 Å². The van der Waals surface area contributed by atoms with Crippen LogP contribution in [0.5, 0.6) is 17.4 Å². The lowest BCUT2D eigenvalue weighted by molar-refractivity contribution is -0.385. The van der Waals surface area contributed by atoms with Gasteiger partial charge >= 0.3 is 0 Å². The van der Waals surface area contributed by atoms with E-state index in [1.807, 2.05) is 6.92 Å². The Labute approximate surface area is 167 Å². The zero-order valence-corrected chi connectivity index (χ0v) is 16.5. The SMILES string of the molecule is COc1cc(C(=O)N2CCCC(Oc3ccc(C)nn3)C2)c([N+](=O)[O-])cc1OC. The molecule has 29 heavy (non-hydrogen) atoms. The molecule has 10 nitrogen and oxygen atoms in total. The smallest absolute Gasteiger partial charge is 0.286 e. The first kappa shape index (κ1) is 20.3. The second-order valence-electron chi connectivity index (χ2n) is 6.63. The summed E-state index contributed by atoms with van der Waals surface area (Å²) in [5.41, 5.74) is 0.391. The van der Waals surface area contributed by atoms with Crippen molar-refractivity contribution in [1.29, 1.82) is 0 Å². The Balaban J connectivity index is 1.82. The predicted octanol–water partition coefficient (Wildman–Crippen LogP) is 2.39. The van der Waals surface area contributed by atoms with Crippen molar-refractivity contribution >= 4 is 11.6 Å². The van der Waals surface area contributed by atoms with E-state index in [1.165, 1.54) is 26.4 Å². The van der Waals surface area contributed by atoms with Crippen molar-refractivity contribution in [1.82, 2.24) is 15.1 Å². The molecular formula is C19H22N4O6. The van der Waals surface area contributed by atoms with Crippen molar-refractivity contribution in [2.45, 2.75) is 25.9 Å². The summed E-state index contributed by atoms with van der Waals surface area (Å²) in [5.74, 6) is 0.364. The van der Waals surface area contributed by atoms with Crippen molar-refractivity contribution in [3.63, 3.8) is 0 Å². The molecule has 1 unspecified atom stereocenters. The molecule has 10 heteroatoms. The molecule has 1 fully saturated rings. The lowest BCUT2D eigenvalue weighted by atomic mass is 10.0. The van der Waals surface area contributed by atoms with Crippen LogP contribution in [-0.4, -0.2) is 59.3 Å². The van der Waals surface area contributed by atoms with E-state index in [9.17, 15) is 14.9 Å². The van der Waals surface area contributed by atoms with Crippen LogP contribution in [-0.2, 0) is 0 Å². The van der Waals surface area contributed by atoms with E-state index in [2.05, 4.69) is 10.2 Å². The van der Waals surface area contributed by atoms with Gasteiger partial charge in [-0.05, 0) is 25.8 Å². The van der Waals surface area contributed by atoms with Crippen LogP contribution in [0.3, 0.4) is 0 Å². The second kappa shape index (κ2) is 8.72. The number of carbonyl (C=O) groups excluding carboxylic acids is 1. The van der Waals surface area contributed by atoms with Crippen LogP contribution in [0.15, 0.2) is 24.3 Å². The minimum absolute atomic E-state index is 0.0524. The molecule has 2 heterocycles. The molecule has 154 valence electrons. The lowest BCUT2D eigenvalue weighted by Crippen LogP contribution is -2.44. The minimum atomic E-state index is -0.602. The number of nitro groups is 1. The third-order valence-corrected chi connectivity index (χ3v) is 4.66. The number of piperidine rings is 1. The summed E-state index contributed by atoms with van der Waals surface area (Å²) >= 11 is 0. The summed E-state index contributed by atoms with van der Waals surface area (Å²) in [5, 5.41) is 19.4. The zero-order chi connectivity index (χ0) is 21.0. The first-order valence-electron chi connectivity index (χ1n) is 9.09. The van der Waals surface area contributed by atoms with Crippen molar-refractivity contribution in [2.24, 2.45) is 0 Å². The number of hydrogen-bond acceptors (Lipinski definition) is 8. The van der Waals surface area contributed by atoms with Crippen LogP contribution < -0.4 is 14.2 Å². The van der Waals surface area contributed by atoms with E-state index in [0.29, 0.717) is 25.4 Å². The number of likely N-dealkylation sites (tertiary alicyclic amines) is 1. The molecule has 1 atom stereocenters. The Hall–Kier alpha value is -3.43. The first-order chi connectivity index (χ1) is 13.9. The van der Waals surface area contributed by atoms with Crippen LogP contribution in [0, 0.1) is 17.0 Å². The highest BCUT2D eigenvalue weighted by Crippen LogP contribution is 2.35. The molecule has 2 aromatic rings. The number of nitro benzene ring substituents is 1. The molecule has 0 bridgehead atoms. The minimum Gasteiger partial charge on any atom is -0.493 e. The molecule has 0 saturated carbocycles. The fourth-order valence-electron chi connectivity index (χ4n) is 3.20. The molecule has 0 spiro atoms. The second-order valence-corrected chi connectivity index (χ2v) is 6.63. The van der Waals surface area contributed by atoms with Crippen LogP contribution in [0.1, 0.15) is 28.9 Å².